The van der Waals surface area contributed by atoms with E-state index in [2.05, 4.69) is 0 Å². The molecule has 5 heteroatoms. The maximum absolute atomic E-state index is 13.5. The van der Waals surface area contributed by atoms with E-state index in [1.165, 1.54) is 17.8 Å². The molecule has 2 aromatic rings. The van der Waals surface area contributed by atoms with Crippen molar-refractivity contribution >= 4 is 29.3 Å². The van der Waals surface area contributed by atoms with Crippen LogP contribution in [-0.4, -0.2) is 11.1 Å². The Kier molecular flexibility index (Phi) is 3.89. The molecule has 0 bridgehead atoms. The summed E-state index contributed by atoms with van der Waals surface area (Å²) in [5.41, 5.74) is -0.317. The SMILES string of the molecule is O=C(O)c1c(F)cccc1Sc1cccc(Cl)c1. The second kappa shape index (κ2) is 5.42. The maximum Gasteiger partial charge on any atom is 0.339 e. The molecule has 18 heavy (non-hydrogen) atoms. The van der Waals surface area contributed by atoms with Crippen LogP contribution in [0.2, 0.25) is 5.02 Å². The smallest absolute Gasteiger partial charge is 0.339 e. The molecule has 0 saturated heterocycles. The molecule has 2 rings (SSSR count). The van der Waals surface area contributed by atoms with Crippen LogP contribution in [0.4, 0.5) is 4.39 Å². The average Bonchev–Trinajstić information content (AvgIpc) is 2.28. The minimum atomic E-state index is -1.28. The fourth-order valence-electron chi connectivity index (χ4n) is 1.45. The molecule has 0 aliphatic carbocycles. The molecule has 0 unspecified atom stereocenters. The van der Waals surface area contributed by atoms with Gasteiger partial charge in [-0.2, -0.15) is 0 Å². The lowest BCUT2D eigenvalue weighted by molar-refractivity contribution is 0.0688. The molecule has 92 valence electrons. The molecule has 0 saturated carbocycles. The summed E-state index contributed by atoms with van der Waals surface area (Å²) in [6, 6.07) is 11.1. The highest BCUT2D eigenvalue weighted by atomic mass is 35.5. The standard InChI is InChI=1S/C13H8ClFO2S/c14-8-3-1-4-9(7-8)18-11-6-2-5-10(15)12(11)13(16)17/h1-7H,(H,16,17). The monoisotopic (exact) mass is 282 g/mol. The van der Waals surface area contributed by atoms with Gasteiger partial charge >= 0.3 is 5.97 Å². The number of benzene rings is 2. The number of aromatic carboxylic acids is 1. The zero-order valence-electron chi connectivity index (χ0n) is 9.06. The molecule has 0 aliphatic heterocycles. The van der Waals surface area contributed by atoms with E-state index < -0.39 is 11.8 Å². The molecule has 2 nitrogen and oxygen atoms in total. The van der Waals surface area contributed by atoms with Gasteiger partial charge in [0.2, 0.25) is 0 Å². The fourth-order valence-corrected chi connectivity index (χ4v) is 2.73. The molecule has 0 aliphatic rings. The number of hydrogen-bond acceptors (Lipinski definition) is 2. The Bertz CT molecular complexity index is 601. The van der Waals surface area contributed by atoms with Crippen molar-refractivity contribution in [3.05, 3.63) is 58.9 Å². The lowest BCUT2D eigenvalue weighted by atomic mass is 10.2. The van der Waals surface area contributed by atoms with Gasteiger partial charge in [-0.25, -0.2) is 9.18 Å². The summed E-state index contributed by atoms with van der Waals surface area (Å²) in [5, 5.41) is 9.55. The van der Waals surface area contributed by atoms with Gasteiger partial charge < -0.3 is 5.11 Å². The van der Waals surface area contributed by atoms with E-state index in [-0.39, 0.29) is 5.56 Å². The van der Waals surface area contributed by atoms with E-state index in [4.69, 9.17) is 16.7 Å². The average molecular weight is 283 g/mol. The normalized spacial score (nSPS) is 10.3. The molecule has 0 aromatic heterocycles. The molecular weight excluding hydrogens is 275 g/mol. The maximum atomic E-state index is 13.5. The summed E-state index contributed by atoms with van der Waals surface area (Å²) in [7, 11) is 0. The Labute approximate surface area is 112 Å². The third-order valence-electron chi connectivity index (χ3n) is 2.21. The van der Waals surface area contributed by atoms with Crippen LogP contribution < -0.4 is 0 Å². The summed E-state index contributed by atoms with van der Waals surface area (Å²) >= 11 is 7.01. The highest BCUT2D eigenvalue weighted by molar-refractivity contribution is 7.99. The van der Waals surface area contributed by atoms with Crippen molar-refractivity contribution in [3.8, 4) is 0 Å². The Balaban J connectivity index is 2.40. The number of halogens is 2. The van der Waals surface area contributed by atoms with Crippen LogP contribution in [0.25, 0.3) is 0 Å². The number of carboxylic acids is 1. The number of rotatable bonds is 3. The van der Waals surface area contributed by atoms with Gasteiger partial charge in [-0.05, 0) is 30.3 Å². The zero-order chi connectivity index (χ0) is 13.1. The topological polar surface area (TPSA) is 37.3 Å². The molecule has 2 aromatic carbocycles. The van der Waals surface area contributed by atoms with Crippen LogP contribution in [0.15, 0.2) is 52.3 Å². The summed E-state index contributed by atoms with van der Waals surface area (Å²) < 4.78 is 13.5. The number of hydrogen-bond donors (Lipinski definition) is 1. The molecule has 0 amide bonds. The van der Waals surface area contributed by atoms with Gasteiger partial charge in [0.1, 0.15) is 11.4 Å². The third kappa shape index (κ3) is 2.83. The molecule has 1 N–H and O–H groups in total. The minimum absolute atomic E-state index is 0.317. The van der Waals surface area contributed by atoms with E-state index in [0.717, 1.165) is 11.0 Å². The summed E-state index contributed by atoms with van der Waals surface area (Å²) in [6.07, 6.45) is 0. The molecule has 0 radical (unpaired) electrons. The first kappa shape index (κ1) is 12.9. The van der Waals surface area contributed by atoms with Crippen molar-refractivity contribution < 1.29 is 14.3 Å². The second-order valence-corrected chi connectivity index (χ2v) is 5.03. The third-order valence-corrected chi connectivity index (χ3v) is 3.50. The first-order valence-corrected chi connectivity index (χ1v) is 6.22. The highest BCUT2D eigenvalue weighted by Crippen LogP contribution is 2.32. The Hall–Kier alpha value is -1.52. The molecule has 0 atom stereocenters. The molecule has 0 fully saturated rings. The summed E-state index contributed by atoms with van der Waals surface area (Å²) in [4.78, 5) is 12.1. The Morgan fingerprint density at radius 1 is 1.22 bits per heavy atom. The summed E-state index contributed by atoms with van der Waals surface area (Å²) in [6.45, 7) is 0. The van der Waals surface area contributed by atoms with Crippen molar-refractivity contribution in [2.24, 2.45) is 0 Å². The van der Waals surface area contributed by atoms with Gasteiger partial charge in [0.15, 0.2) is 0 Å². The first-order valence-electron chi connectivity index (χ1n) is 5.03. The Morgan fingerprint density at radius 3 is 2.61 bits per heavy atom. The van der Waals surface area contributed by atoms with Crippen LogP contribution in [0.1, 0.15) is 10.4 Å². The van der Waals surface area contributed by atoms with Crippen molar-refractivity contribution in [3.63, 3.8) is 0 Å². The van der Waals surface area contributed by atoms with E-state index >= 15 is 0 Å². The van der Waals surface area contributed by atoms with Gasteiger partial charge in [-0.3, -0.25) is 0 Å². The minimum Gasteiger partial charge on any atom is -0.478 e. The van der Waals surface area contributed by atoms with Gasteiger partial charge in [-0.1, -0.05) is 35.5 Å². The van der Waals surface area contributed by atoms with Gasteiger partial charge in [0.25, 0.3) is 0 Å². The van der Waals surface area contributed by atoms with Crippen molar-refractivity contribution in [2.75, 3.05) is 0 Å². The van der Waals surface area contributed by atoms with Crippen LogP contribution >= 0.6 is 23.4 Å². The zero-order valence-corrected chi connectivity index (χ0v) is 10.6. The van der Waals surface area contributed by atoms with E-state index in [1.54, 1.807) is 30.3 Å². The summed E-state index contributed by atoms with van der Waals surface area (Å²) in [5.74, 6) is -2.02. The first-order chi connectivity index (χ1) is 8.58. The predicted molar refractivity (Wildman–Crippen MR) is 68.9 cm³/mol. The van der Waals surface area contributed by atoms with Crippen LogP contribution in [-0.2, 0) is 0 Å². The van der Waals surface area contributed by atoms with Crippen LogP contribution in [0, 0.1) is 5.82 Å². The largest absolute Gasteiger partial charge is 0.478 e. The second-order valence-electron chi connectivity index (χ2n) is 3.48. The quantitative estimate of drug-likeness (QED) is 0.910. The molecule has 0 heterocycles. The van der Waals surface area contributed by atoms with Crippen LogP contribution in [0.5, 0.6) is 0 Å². The van der Waals surface area contributed by atoms with E-state index in [9.17, 15) is 9.18 Å². The lowest BCUT2D eigenvalue weighted by Crippen LogP contribution is -2.02. The van der Waals surface area contributed by atoms with E-state index in [1.807, 2.05) is 0 Å². The van der Waals surface area contributed by atoms with Gasteiger partial charge in [0.05, 0.1) is 0 Å². The molecule has 0 spiro atoms. The van der Waals surface area contributed by atoms with E-state index in [0.29, 0.717) is 9.92 Å². The lowest BCUT2D eigenvalue weighted by Gasteiger charge is -2.06. The van der Waals surface area contributed by atoms with Gasteiger partial charge in [0, 0.05) is 14.8 Å². The highest BCUT2D eigenvalue weighted by Gasteiger charge is 2.16. The molecular formula is C13H8ClFO2S. The van der Waals surface area contributed by atoms with Gasteiger partial charge in [-0.15, -0.1) is 0 Å². The van der Waals surface area contributed by atoms with Crippen LogP contribution in [0.3, 0.4) is 0 Å². The fraction of sp³-hybridized carbons (Fsp3) is 0. The predicted octanol–water partition coefficient (Wildman–Crippen LogP) is 4.33. The Morgan fingerprint density at radius 2 is 1.94 bits per heavy atom. The number of carboxylic acid groups (broad SMARTS) is 1. The van der Waals surface area contributed by atoms with Crippen molar-refractivity contribution in [2.45, 2.75) is 9.79 Å². The number of carbonyl (C=O) groups is 1. The van der Waals surface area contributed by atoms with Crippen molar-refractivity contribution in [1.29, 1.82) is 0 Å². The van der Waals surface area contributed by atoms with Crippen molar-refractivity contribution in [1.82, 2.24) is 0 Å².